The van der Waals surface area contributed by atoms with Crippen molar-refractivity contribution in [2.75, 3.05) is 4.72 Å². The van der Waals surface area contributed by atoms with E-state index in [0.717, 1.165) is 6.20 Å². The maximum absolute atomic E-state index is 12.1. The van der Waals surface area contributed by atoms with Crippen LogP contribution in [0.4, 0.5) is 5.69 Å². The van der Waals surface area contributed by atoms with E-state index in [9.17, 15) is 13.5 Å². The Bertz CT molecular complexity index is 766. The molecule has 1 aromatic carbocycles. The van der Waals surface area contributed by atoms with Gasteiger partial charge in [-0.1, -0.05) is 34.8 Å². The molecule has 9 heteroatoms. The number of anilines is 1. The number of aromatic nitrogens is 1. The molecule has 1 aromatic heterocycles. The third-order valence-corrected chi connectivity index (χ3v) is 4.62. The Labute approximate surface area is 130 Å². The molecule has 2 rings (SSSR count). The highest BCUT2D eigenvalue weighted by molar-refractivity contribution is 7.92. The highest BCUT2D eigenvalue weighted by Gasteiger charge is 2.17. The number of rotatable bonds is 3. The number of pyridine rings is 1. The molecule has 0 radical (unpaired) electrons. The van der Waals surface area contributed by atoms with Gasteiger partial charge >= 0.3 is 0 Å². The second kappa shape index (κ2) is 5.65. The zero-order chi connectivity index (χ0) is 14.9. The second-order valence-corrected chi connectivity index (χ2v) is 6.57. The van der Waals surface area contributed by atoms with Gasteiger partial charge in [0.2, 0.25) is 0 Å². The van der Waals surface area contributed by atoms with E-state index in [1.54, 1.807) is 0 Å². The normalized spacial score (nSPS) is 11.3. The zero-order valence-electron chi connectivity index (χ0n) is 9.64. The summed E-state index contributed by atoms with van der Waals surface area (Å²) in [5, 5.41) is 9.34. The van der Waals surface area contributed by atoms with E-state index in [0.29, 0.717) is 0 Å². The summed E-state index contributed by atoms with van der Waals surface area (Å²) in [5.41, 5.74) is 0.193. The molecule has 5 nitrogen and oxygen atoms in total. The Morgan fingerprint density at radius 3 is 2.40 bits per heavy atom. The maximum atomic E-state index is 12.1. The summed E-state index contributed by atoms with van der Waals surface area (Å²) in [4.78, 5) is 3.52. The summed E-state index contributed by atoms with van der Waals surface area (Å²) in [6.07, 6.45) is 1.08. The van der Waals surface area contributed by atoms with Crippen molar-refractivity contribution in [1.82, 2.24) is 4.98 Å². The topological polar surface area (TPSA) is 79.3 Å². The van der Waals surface area contributed by atoms with Gasteiger partial charge in [0.05, 0.1) is 15.7 Å². The average molecular weight is 354 g/mol. The summed E-state index contributed by atoms with van der Waals surface area (Å²) in [7, 11) is -3.88. The standard InChI is InChI=1S/C11H7Cl3N2O3S/c12-8-3-6(1-2-10(8)17)16-20(18,19)7-4-9(13)11(14)15-5-7/h1-5,16-17H. The smallest absolute Gasteiger partial charge is 0.263 e. The minimum absolute atomic E-state index is 0.0123. The molecule has 0 saturated heterocycles. The molecule has 0 aliphatic carbocycles. The molecule has 0 atom stereocenters. The van der Waals surface area contributed by atoms with Crippen molar-refractivity contribution in [2.24, 2.45) is 0 Å². The molecule has 0 spiro atoms. The SMILES string of the molecule is O=S(=O)(Nc1ccc(O)c(Cl)c1)c1cnc(Cl)c(Cl)c1. The van der Waals surface area contributed by atoms with Crippen LogP contribution in [0.25, 0.3) is 0 Å². The lowest BCUT2D eigenvalue weighted by atomic mass is 10.3. The van der Waals surface area contributed by atoms with Gasteiger partial charge < -0.3 is 5.11 Å². The Kier molecular flexibility index (Phi) is 4.29. The number of phenolic OH excluding ortho intramolecular Hbond substituents is 1. The Hall–Kier alpha value is -1.21. The average Bonchev–Trinajstić information content (AvgIpc) is 2.37. The number of benzene rings is 1. The van der Waals surface area contributed by atoms with Gasteiger partial charge in [-0.2, -0.15) is 0 Å². The van der Waals surface area contributed by atoms with Crippen molar-refractivity contribution in [3.63, 3.8) is 0 Å². The van der Waals surface area contributed by atoms with Crippen LogP contribution in [0.2, 0.25) is 15.2 Å². The molecule has 20 heavy (non-hydrogen) atoms. The van der Waals surface area contributed by atoms with Crippen LogP contribution in [0.3, 0.4) is 0 Å². The number of hydrogen-bond donors (Lipinski definition) is 2. The van der Waals surface area contributed by atoms with Crippen molar-refractivity contribution < 1.29 is 13.5 Å². The van der Waals surface area contributed by atoms with E-state index in [1.165, 1.54) is 24.3 Å². The zero-order valence-corrected chi connectivity index (χ0v) is 12.7. The van der Waals surface area contributed by atoms with Gasteiger partial charge in [-0.3, -0.25) is 4.72 Å². The van der Waals surface area contributed by atoms with E-state index < -0.39 is 10.0 Å². The van der Waals surface area contributed by atoms with Gasteiger partial charge in [-0.25, -0.2) is 13.4 Å². The van der Waals surface area contributed by atoms with Crippen LogP contribution >= 0.6 is 34.8 Å². The van der Waals surface area contributed by atoms with E-state index in [2.05, 4.69) is 9.71 Å². The third-order valence-electron chi connectivity index (χ3n) is 2.28. The monoisotopic (exact) mass is 352 g/mol. The van der Waals surface area contributed by atoms with Crippen molar-refractivity contribution in [3.05, 3.63) is 45.7 Å². The minimum atomic E-state index is -3.88. The third kappa shape index (κ3) is 3.27. The number of phenols is 1. The fourth-order valence-corrected chi connectivity index (χ4v) is 2.87. The molecule has 1 heterocycles. The molecule has 2 aromatic rings. The molecular weight excluding hydrogens is 347 g/mol. The first kappa shape index (κ1) is 15.2. The van der Waals surface area contributed by atoms with Crippen molar-refractivity contribution in [2.45, 2.75) is 4.90 Å². The summed E-state index contributed by atoms with van der Waals surface area (Å²) < 4.78 is 26.5. The summed E-state index contributed by atoms with van der Waals surface area (Å²) in [5.74, 6) is -0.147. The van der Waals surface area contributed by atoms with E-state index in [-0.39, 0.29) is 31.5 Å². The van der Waals surface area contributed by atoms with Gasteiger partial charge in [0.25, 0.3) is 10.0 Å². The number of halogens is 3. The fourth-order valence-electron chi connectivity index (χ4n) is 1.34. The predicted molar refractivity (Wildman–Crippen MR) is 78.2 cm³/mol. The predicted octanol–water partition coefficient (Wildman–Crippen LogP) is 3.55. The van der Waals surface area contributed by atoms with E-state index >= 15 is 0 Å². The second-order valence-electron chi connectivity index (χ2n) is 3.72. The highest BCUT2D eigenvalue weighted by Crippen LogP contribution is 2.28. The number of hydrogen-bond acceptors (Lipinski definition) is 4. The number of aromatic hydroxyl groups is 1. The lowest BCUT2D eigenvalue weighted by molar-refractivity contribution is 0.475. The van der Waals surface area contributed by atoms with Crippen LogP contribution in [0.5, 0.6) is 5.75 Å². The van der Waals surface area contributed by atoms with Gasteiger partial charge in [0.15, 0.2) is 0 Å². The van der Waals surface area contributed by atoms with Crippen LogP contribution in [-0.2, 0) is 10.0 Å². The fraction of sp³-hybridized carbons (Fsp3) is 0. The van der Waals surface area contributed by atoms with Crippen LogP contribution in [0.1, 0.15) is 0 Å². The van der Waals surface area contributed by atoms with E-state index in [1.807, 2.05) is 0 Å². The molecule has 0 bridgehead atoms. The largest absolute Gasteiger partial charge is 0.506 e. The lowest BCUT2D eigenvalue weighted by Gasteiger charge is -2.09. The van der Waals surface area contributed by atoms with Crippen LogP contribution in [0.15, 0.2) is 35.4 Å². The van der Waals surface area contributed by atoms with Crippen LogP contribution in [0, 0.1) is 0 Å². The van der Waals surface area contributed by atoms with E-state index in [4.69, 9.17) is 34.8 Å². The summed E-state index contributed by atoms with van der Waals surface area (Å²) in [6, 6.07) is 5.09. The first-order valence-corrected chi connectivity index (χ1v) is 7.74. The van der Waals surface area contributed by atoms with Gasteiger partial charge in [-0.05, 0) is 24.3 Å². The quantitative estimate of drug-likeness (QED) is 0.653. The van der Waals surface area contributed by atoms with Crippen molar-refractivity contribution in [3.8, 4) is 5.75 Å². The number of nitrogens with one attached hydrogen (secondary N) is 1. The molecule has 0 amide bonds. The first-order chi connectivity index (χ1) is 9.29. The molecule has 0 unspecified atom stereocenters. The Morgan fingerprint density at radius 2 is 1.80 bits per heavy atom. The lowest BCUT2D eigenvalue weighted by Crippen LogP contribution is -2.13. The molecule has 2 N–H and O–H groups in total. The molecule has 0 aliphatic heterocycles. The van der Waals surface area contributed by atoms with Gasteiger partial charge in [0, 0.05) is 6.20 Å². The van der Waals surface area contributed by atoms with Crippen molar-refractivity contribution >= 4 is 50.5 Å². The van der Waals surface area contributed by atoms with Crippen LogP contribution in [-0.4, -0.2) is 18.5 Å². The first-order valence-electron chi connectivity index (χ1n) is 5.12. The summed E-state index contributed by atoms with van der Waals surface area (Å²) in [6.45, 7) is 0. The molecule has 0 fully saturated rings. The van der Waals surface area contributed by atoms with Crippen molar-refractivity contribution in [1.29, 1.82) is 0 Å². The van der Waals surface area contributed by atoms with Gasteiger partial charge in [-0.15, -0.1) is 0 Å². The molecular formula is C11H7Cl3N2O3S. The number of nitrogens with zero attached hydrogens (tertiary/aromatic N) is 1. The Morgan fingerprint density at radius 1 is 1.10 bits per heavy atom. The Balaban J connectivity index is 2.35. The minimum Gasteiger partial charge on any atom is -0.506 e. The molecule has 106 valence electrons. The summed E-state index contributed by atoms with van der Waals surface area (Å²) >= 11 is 17.1. The highest BCUT2D eigenvalue weighted by atomic mass is 35.5. The molecule has 0 aliphatic rings. The number of sulfonamides is 1. The van der Waals surface area contributed by atoms with Crippen LogP contribution < -0.4 is 4.72 Å². The van der Waals surface area contributed by atoms with Gasteiger partial charge in [0.1, 0.15) is 15.8 Å². The molecule has 0 saturated carbocycles. The maximum Gasteiger partial charge on any atom is 0.263 e.